The first-order chi connectivity index (χ1) is 12.6. The summed E-state index contributed by atoms with van der Waals surface area (Å²) >= 11 is 1.40. The van der Waals surface area contributed by atoms with Crippen LogP contribution in [-0.4, -0.2) is 18.4 Å². The number of amides is 2. The summed E-state index contributed by atoms with van der Waals surface area (Å²) in [5, 5.41) is 1.05. The van der Waals surface area contributed by atoms with Crippen LogP contribution in [0.3, 0.4) is 0 Å². The lowest BCUT2D eigenvalue weighted by Crippen LogP contribution is -2.43. The molecular weight excluding hydrogens is 348 g/mol. The Bertz CT molecular complexity index is 949. The molecule has 0 saturated heterocycles. The SMILES string of the molecule is CCc1ccccc1OCC(=O)NNC(=O)c1sc2ccccc2c1C. The third kappa shape index (κ3) is 3.86. The first kappa shape index (κ1) is 17.9. The minimum atomic E-state index is -0.414. The van der Waals surface area contributed by atoms with Gasteiger partial charge in [-0.05, 0) is 42.0 Å². The van der Waals surface area contributed by atoms with Gasteiger partial charge in [0.1, 0.15) is 5.75 Å². The second-order valence-corrected chi connectivity index (χ2v) is 6.86. The molecule has 0 fully saturated rings. The quantitative estimate of drug-likeness (QED) is 0.676. The molecule has 0 atom stereocenters. The molecule has 2 N–H and O–H groups in total. The number of hydrogen-bond acceptors (Lipinski definition) is 4. The standard InChI is InChI=1S/C20H20N2O3S/c1-3-14-8-4-6-10-16(14)25-12-18(23)21-22-20(24)19-13(2)15-9-5-7-11-17(15)26-19/h4-11H,3,12H2,1-2H3,(H,21,23)(H,22,24). The van der Waals surface area contributed by atoms with Crippen molar-refractivity contribution in [2.45, 2.75) is 20.3 Å². The third-order valence-electron chi connectivity index (χ3n) is 4.08. The van der Waals surface area contributed by atoms with Crippen molar-refractivity contribution in [1.29, 1.82) is 0 Å². The van der Waals surface area contributed by atoms with Crippen molar-refractivity contribution in [3.63, 3.8) is 0 Å². The highest BCUT2D eigenvalue weighted by molar-refractivity contribution is 7.21. The highest BCUT2D eigenvalue weighted by Gasteiger charge is 2.16. The average molecular weight is 368 g/mol. The smallest absolute Gasteiger partial charge is 0.280 e. The summed E-state index contributed by atoms with van der Waals surface area (Å²) in [4.78, 5) is 24.9. The summed E-state index contributed by atoms with van der Waals surface area (Å²) in [6.07, 6.45) is 0.819. The molecule has 1 aromatic heterocycles. The van der Waals surface area contributed by atoms with Crippen molar-refractivity contribution in [3.8, 4) is 5.75 Å². The molecule has 0 bridgehead atoms. The number of aryl methyl sites for hydroxylation is 2. The molecule has 2 aromatic carbocycles. The maximum absolute atomic E-state index is 12.4. The second-order valence-electron chi connectivity index (χ2n) is 5.80. The summed E-state index contributed by atoms with van der Waals surface area (Å²) in [5.74, 6) is -0.0640. The normalized spacial score (nSPS) is 10.5. The summed E-state index contributed by atoms with van der Waals surface area (Å²) in [6.45, 7) is 3.76. The number of ether oxygens (including phenoxy) is 1. The van der Waals surface area contributed by atoms with Gasteiger partial charge in [-0.1, -0.05) is 43.3 Å². The van der Waals surface area contributed by atoms with Crippen molar-refractivity contribution >= 4 is 33.2 Å². The number of carbonyl (C=O) groups excluding carboxylic acids is 2. The van der Waals surface area contributed by atoms with Gasteiger partial charge >= 0.3 is 0 Å². The van der Waals surface area contributed by atoms with Gasteiger partial charge in [-0.3, -0.25) is 20.4 Å². The Balaban J connectivity index is 1.57. The van der Waals surface area contributed by atoms with E-state index in [1.165, 1.54) is 11.3 Å². The van der Waals surface area contributed by atoms with Crippen LogP contribution in [0.25, 0.3) is 10.1 Å². The molecule has 3 rings (SSSR count). The lowest BCUT2D eigenvalue weighted by Gasteiger charge is -2.11. The maximum atomic E-state index is 12.4. The van der Waals surface area contributed by atoms with Crippen molar-refractivity contribution in [2.75, 3.05) is 6.61 Å². The molecule has 2 amide bonds. The van der Waals surface area contributed by atoms with Crippen LogP contribution in [0.2, 0.25) is 0 Å². The van der Waals surface area contributed by atoms with Gasteiger partial charge in [0.2, 0.25) is 0 Å². The molecule has 6 heteroatoms. The van der Waals surface area contributed by atoms with Crippen molar-refractivity contribution in [3.05, 3.63) is 64.5 Å². The Morgan fingerprint density at radius 3 is 2.54 bits per heavy atom. The van der Waals surface area contributed by atoms with Crippen LogP contribution in [0.15, 0.2) is 48.5 Å². The largest absolute Gasteiger partial charge is 0.483 e. The number of nitrogens with one attached hydrogen (secondary N) is 2. The van der Waals surface area contributed by atoms with E-state index in [0.29, 0.717) is 10.6 Å². The third-order valence-corrected chi connectivity index (χ3v) is 5.35. The Labute approximate surface area is 156 Å². The van der Waals surface area contributed by atoms with E-state index in [9.17, 15) is 9.59 Å². The van der Waals surface area contributed by atoms with E-state index >= 15 is 0 Å². The van der Waals surface area contributed by atoms with Crippen molar-refractivity contribution in [1.82, 2.24) is 10.9 Å². The molecular formula is C20H20N2O3S. The number of fused-ring (bicyclic) bond motifs is 1. The molecule has 0 radical (unpaired) electrons. The fourth-order valence-corrected chi connectivity index (χ4v) is 3.79. The van der Waals surface area contributed by atoms with Crippen molar-refractivity contribution < 1.29 is 14.3 Å². The molecule has 26 heavy (non-hydrogen) atoms. The van der Waals surface area contributed by atoms with Crippen LogP contribution in [0, 0.1) is 6.92 Å². The zero-order valence-electron chi connectivity index (χ0n) is 14.7. The van der Waals surface area contributed by atoms with Gasteiger partial charge in [-0.25, -0.2) is 0 Å². The zero-order chi connectivity index (χ0) is 18.5. The molecule has 0 aliphatic carbocycles. The first-order valence-corrected chi connectivity index (χ1v) is 9.19. The molecule has 5 nitrogen and oxygen atoms in total. The summed E-state index contributed by atoms with van der Waals surface area (Å²) < 4.78 is 6.58. The van der Waals surface area contributed by atoms with Gasteiger partial charge in [0.05, 0.1) is 4.88 Å². The topological polar surface area (TPSA) is 67.4 Å². The monoisotopic (exact) mass is 368 g/mol. The van der Waals surface area contributed by atoms with E-state index in [0.717, 1.165) is 27.6 Å². The molecule has 0 saturated carbocycles. The minimum Gasteiger partial charge on any atom is -0.483 e. The fraction of sp³-hybridized carbons (Fsp3) is 0.200. The highest BCUT2D eigenvalue weighted by atomic mass is 32.1. The van der Waals surface area contributed by atoms with Gasteiger partial charge in [-0.15, -0.1) is 11.3 Å². The van der Waals surface area contributed by atoms with Crippen LogP contribution in [-0.2, 0) is 11.2 Å². The number of hydrazine groups is 1. The van der Waals surface area contributed by atoms with Crippen LogP contribution in [0.4, 0.5) is 0 Å². The molecule has 1 heterocycles. The van der Waals surface area contributed by atoms with E-state index in [-0.39, 0.29) is 12.5 Å². The Morgan fingerprint density at radius 1 is 1.04 bits per heavy atom. The molecule has 0 unspecified atom stereocenters. The number of para-hydroxylation sites is 1. The second kappa shape index (κ2) is 8.01. The number of thiophene rings is 1. The molecule has 0 aliphatic rings. The summed E-state index contributed by atoms with van der Waals surface area (Å²) in [6, 6.07) is 15.4. The van der Waals surface area contributed by atoms with Gasteiger partial charge in [0.15, 0.2) is 6.61 Å². The number of rotatable bonds is 5. The lowest BCUT2D eigenvalue weighted by molar-refractivity contribution is -0.123. The van der Waals surface area contributed by atoms with E-state index in [4.69, 9.17) is 4.74 Å². The average Bonchev–Trinajstić information content (AvgIpc) is 3.01. The van der Waals surface area contributed by atoms with Crippen LogP contribution in [0.5, 0.6) is 5.75 Å². The molecule has 3 aromatic rings. The molecule has 0 spiro atoms. The van der Waals surface area contributed by atoms with E-state index in [1.54, 1.807) is 0 Å². The van der Waals surface area contributed by atoms with Gasteiger partial charge in [-0.2, -0.15) is 0 Å². The van der Waals surface area contributed by atoms with Gasteiger partial charge in [0.25, 0.3) is 11.8 Å². The predicted molar refractivity (Wildman–Crippen MR) is 103 cm³/mol. The van der Waals surface area contributed by atoms with Gasteiger partial charge < -0.3 is 4.74 Å². The Hall–Kier alpha value is -2.86. The predicted octanol–water partition coefficient (Wildman–Crippen LogP) is 3.61. The number of hydrogen-bond donors (Lipinski definition) is 2. The lowest BCUT2D eigenvalue weighted by atomic mass is 10.1. The van der Waals surface area contributed by atoms with Gasteiger partial charge in [0, 0.05) is 4.70 Å². The highest BCUT2D eigenvalue weighted by Crippen LogP contribution is 2.30. The first-order valence-electron chi connectivity index (χ1n) is 8.38. The molecule has 0 aliphatic heterocycles. The fourth-order valence-electron chi connectivity index (χ4n) is 2.69. The zero-order valence-corrected chi connectivity index (χ0v) is 15.5. The number of benzene rings is 2. The van der Waals surface area contributed by atoms with E-state index in [1.807, 2.05) is 62.4 Å². The number of carbonyl (C=O) groups is 2. The van der Waals surface area contributed by atoms with Crippen molar-refractivity contribution in [2.24, 2.45) is 0 Å². The van der Waals surface area contributed by atoms with E-state index < -0.39 is 5.91 Å². The summed E-state index contributed by atoms with van der Waals surface area (Å²) in [7, 11) is 0. The Kier molecular flexibility index (Phi) is 5.53. The minimum absolute atomic E-state index is 0.164. The van der Waals surface area contributed by atoms with Crippen LogP contribution in [0.1, 0.15) is 27.7 Å². The Morgan fingerprint density at radius 2 is 1.77 bits per heavy atom. The maximum Gasteiger partial charge on any atom is 0.280 e. The van der Waals surface area contributed by atoms with E-state index in [2.05, 4.69) is 10.9 Å². The summed E-state index contributed by atoms with van der Waals surface area (Å²) in [5.41, 5.74) is 6.80. The van der Waals surface area contributed by atoms with Crippen LogP contribution < -0.4 is 15.6 Å². The van der Waals surface area contributed by atoms with Crippen LogP contribution >= 0.6 is 11.3 Å². The molecule has 134 valence electrons.